The molecule has 4 amide bonds. The molecule has 4 aromatic carbocycles. The maximum Gasteiger partial charge on any atom is 0.416 e. The van der Waals surface area contributed by atoms with E-state index >= 15 is 0 Å². The number of aromatic nitrogens is 8. The number of rotatable bonds is 18. The molecule has 7 aliphatic rings. The normalized spacial score (nSPS) is 17.9. The number of hydrogen-bond donors (Lipinski definition) is 4. The first-order valence-electron chi connectivity index (χ1n) is 41.3. The van der Waals surface area contributed by atoms with Crippen molar-refractivity contribution in [1.82, 2.24) is 78.3 Å². The van der Waals surface area contributed by atoms with Gasteiger partial charge in [0.15, 0.2) is 23.3 Å². The number of halogens is 8. The molecule has 8 aromatic rings. The molecule has 0 bridgehead atoms. The van der Waals surface area contributed by atoms with Gasteiger partial charge in [0.05, 0.1) is 36.1 Å². The smallest absolute Gasteiger partial charge is 0.371 e. The molecule has 0 saturated carbocycles. The average molecular weight is 1880 g/mol. The van der Waals surface area contributed by atoms with Gasteiger partial charge in [-0.15, -0.1) is 20.4 Å². The molecular formula is C81H106ClF7N22O12S4. The zero-order valence-electron chi connectivity index (χ0n) is 71.4. The maximum absolute atomic E-state index is 13.8. The average Bonchev–Trinajstić information content (AvgIpc) is 1.74. The lowest BCUT2D eigenvalue weighted by Gasteiger charge is -2.45. The Morgan fingerprint density at radius 2 is 0.740 bits per heavy atom. The van der Waals surface area contributed by atoms with E-state index in [0.29, 0.717) is 115 Å². The van der Waals surface area contributed by atoms with E-state index in [1.165, 1.54) is 109 Å². The second-order valence-corrected chi connectivity index (χ2v) is 40.5. The van der Waals surface area contributed by atoms with Crippen LogP contribution in [-0.2, 0) is 78.6 Å². The van der Waals surface area contributed by atoms with Crippen LogP contribution in [0.1, 0.15) is 95.0 Å². The quantitative estimate of drug-likeness (QED) is 0.0580. The molecule has 127 heavy (non-hydrogen) atoms. The number of hydrogen-bond acceptors (Lipinski definition) is 22. The fourth-order valence-electron chi connectivity index (χ4n) is 16.3. The first-order valence-corrected chi connectivity index (χ1v) is 49.3. The number of alkyl halides is 7. The highest BCUT2D eigenvalue weighted by atomic mass is 35.5. The van der Waals surface area contributed by atoms with Crippen molar-refractivity contribution in [2.45, 2.75) is 116 Å². The molecule has 7 saturated heterocycles. The summed E-state index contributed by atoms with van der Waals surface area (Å²) in [6.07, 6.45) is 6.68. The minimum Gasteiger partial charge on any atom is -0.371 e. The lowest BCUT2D eigenvalue weighted by atomic mass is 9.84. The second-order valence-electron chi connectivity index (χ2n) is 33.1. The van der Waals surface area contributed by atoms with Crippen LogP contribution in [0.5, 0.6) is 0 Å². The van der Waals surface area contributed by atoms with Gasteiger partial charge in [-0.3, -0.25) is 38.5 Å². The van der Waals surface area contributed by atoms with E-state index < -0.39 is 81.8 Å². The number of piperazine rings is 3. The summed E-state index contributed by atoms with van der Waals surface area (Å²) in [7, 11) is -13.9. The summed E-state index contributed by atoms with van der Waals surface area (Å²) in [6.45, 7) is 20.5. The summed E-state index contributed by atoms with van der Waals surface area (Å²) in [5.41, 5.74) is 7.87. The minimum absolute atomic E-state index is 0.0193. The van der Waals surface area contributed by atoms with E-state index in [-0.39, 0.29) is 52.4 Å². The van der Waals surface area contributed by atoms with Gasteiger partial charge in [-0.05, 0) is 148 Å². The van der Waals surface area contributed by atoms with Crippen molar-refractivity contribution in [3.8, 4) is 0 Å². The summed E-state index contributed by atoms with van der Waals surface area (Å²) < 4.78 is 196. The predicted octanol–water partition coefficient (Wildman–Crippen LogP) is 10.2. The molecule has 7 fully saturated rings. The number of sulfonamides is 4. The summed E-state index contributed by atoms with van der Waals surface area (Å²) >= 11 is 5.82. The van der Waals surface area contributed by atoms with Crippen LogP contribution in [0.3, 0.4) is 0 Å². The Morgan fingerprint density at radius 3 is 1.10 bits per heavy atom. The summed E-state index contributed by atoms with van der Waals surface area (Å²) in [6, 6.07) is 25.2. The van der Waals surface area contributed by atoms with E-state index in [1.807, 2.05) is 9.80 Å². The van der Waals surface area contributed by atoms with E-state index in [2.05, 4.69) is 109 Å². The van der Waals surface area contributed by atoms with Gasteiger partial charge in [-0.2, -0.15) is 45.1 Å². The molecular weight excluding hydrogens is 1770 g/mol. The molecule has 15 rings (SSSR count). The molecule has 11 heterocycles. The number of carbonyl (C=O) groups excluding carboxylic acids is 4. The van der Waals surface area contributed by atoms with Gasteiger partial charge in [0.25, 0.3) is 0 Å². The van der Waals surface area contributed by atoms with E-state index in [1.54, 1.807) is 27.7 Å². The molecule has 4 aromatic heterocycles. The van der Waals surface area contributed by atoms with Gasteiger partial charge in [0, 0.05) is 215 Å². The minimum atomic E-state index is -4.47. The van der Waals surface area contributed by atoms with Crippen LogP contribution in [0.2, 0.25) is 5.02 Å². The van der Waals surface area contributed by atoms with Crippen molar-refractivity contribution in [2.24, 2.45) is 0 Å². The van der Waals surface area contributed by atoms with Crippen LogP contribution in [-0.4, -0.2) is 297 Å². The Hall–Kier alpha value is -10.2. The van der Waals surface area contributed by atoms with Crippen LogP contribution < -0.4 is 28.7 Å². The number of nitrogens with one attached hydrogen (secondary N) is 4. The van der Waals surface area contributed by atoms with Crippen LogP contribution >= 0.6 is 11.6 Å². The fourth-order valence-corrected chi connectivity index (χ4v) is 18.5. The number of piperidine rings is 2. The highest BCUT2D eigenvalue weighted by molar-refractivity contribution is 7.92. The zero-order valence-corrected chi connectivity index (χ0v) is 75.5. The van der Waals surface area contributed by atoms with Gasteiger partial charge in [-0.1, -0.05) is 47.5 Å². The van der Waals surface area contributed by atoms with Gasteiger partial charge in [0.1, 0.15) is 6.17 Å². The lowest BCUT2D eigenvalue weighted by Crippen LogP contribution is -2.53. The summed E-state index contributed by atoms with van der Waals surface area (Å²) in [5.74, 6) is 0.355. The Bertz CT molecular complexity index is 5530. The van der Waals surface area contributed by atoms with Crippen molar-refractivity contribution in [2.75, 3.05) is 178 Å². The van der Waals surface area contributed by atoms with Crippen LogP contribution in [0.15, 0.2) is 122 Å². The van der Waals surface area contributed by atoms with Crippen molar-refractivity contribution in [3.05, 3.63) is 177 Å². The third-order valence-corrected chi connectivity index (χ3v) is 25.2. The zero-order chi connectivity index (χ0) is 91.7. The number of benzene rings is 4. The van der Waals surface area contributed by atoms with Gasteiger partial charge in [-0.25, -0.2) is 57.2 Å². The first-order chi connectivity index (χ1) is 59.7. The Labute approximate surface area is 739 Å². The maximum atomic E-state index is 13.8. The molecule has 46 heteroatoms. The number of amides is 4. The fraction of sp³-hybridized carbons (Fsp3) is 0.506. The molecule has 0 aliphatic carbocycles. The van der Waals surface area contributed by atoms with Gasteiger partial charge in [0.2, 0.25) is 40.1 Å². The molecule has 1 spiro atoms. The topological polar surface area (TPSA) is 357 Å². The number of aryl methyl sites for hydroxylation is 3. The molecule has 0 radical (unpaired) electrons. The third-order valence-electron chi connectivity index (χ3n) is 22.7. The molecule has 4 N–H and O–H groups in total. The van der Waals surface area contributed by atoms with Crippen molar-refractivity contribution in [1.29, 1.82) is 0 Å². The van der Waals surface area contributed by atoms with Crippen LogP contribution in [0, 0.1) is 20.8 Å². The Balaban J connectivity index is 0.000000155. The highest BCUT2D eigenvalue weighted by Crippen LogP contribution is 2.42. The molecule has 34 nitrogen and oxygen atoms in total. The van der Waals surface area contributed by atoms with E-state index in [4.69, 9.17) is 11.6 Å². The van der Waals surface area contributed by atoms with Crippen molar-refractivity contribution >= 4 is 110 Å². The summed E-state index contributed by atoms with van der Waals surface area (Å²) in [4.78, 5) is 71.1. The number of nitrogens with zero attached hydrogens (tertiary/aromatic N) is 18. The largest absolute Gasteiger partial charge is 0.416 e. The summed E-state index contributed by atoms with van der Waals surface area (Å²) in [5, 5.41) is 16.0. The van der Waals surface area contributed by atoms with Crippen molar-refractivity contribution < 1.29 is 83.6 Å². The van der Waals surface area contributed by atoms with Crippen LogP contribution in [0.4, 0.5) is 84.6 Å². The van der Waals surface area contributed by atoms with Crippen molar-refractivity contribution in [3.63, 3.8) is 0 Å². The van der Waals surface area contributed by atoms with Gasteiger partial charge < -0.3 is 29.4 Å². The molecule has 692 valence electrons. The standard InChI is InChI=1S/C26H37FN6O3S.C20H28N6O3S.C18H22F3N5O3S.C17H19ClF3N5O3S/c1-20-4-5-21(23(18-20)30-13-6-22(27)7-14-30)19-32-12-3-9-26(32)10-16-31(17-11-26)25(34)33-15-8-24(28-33)29-37(2,35)36;1-16-4-5-17(18(14-16)24-7-3-8-24)15-23-10-12-25(13-11-23)20(27)26-9-6-19(21-26)22-30(2,28)29;1-13-9-14(11-15(10-13)18(19,20)21)12-24-5-7-25(8-6-24)17(27)26-4-3-16(22-26)23-30(2,28)29;1-30(28,29)23-15-2-3-26(22-15)16(27)25-6-4-24(5-7-25)11-12-8-13(17(19,20)21)10-14(18)9-12/h4-5,8,15,18,22H,3,6-7,9-14,16-17,19H2,1-2H3,(H,28,29);4-6,9,14H,3,7-8,10-13,15H2,1-2H3,(H,21,22);3-4,9-11H,5-8,12H2,1-2H3,(H,22,23);2-3,8-10H,4-7,11H2,1H3,(H,22,23). The first kappa shape index (κ1) is 95.9. The van der Waals surface area contributed by atoms with Crippen LogP contribution in [0.25, 0.3) is 0 Å². The highest BCUT2D eigenvalue weighted by Gasteiger charge is 2.45. The van der Waals surface area contributed by atoms with Gasteiger partial charge >= 0.3 is 36.5 Å². The number of carbonyl (C=O) groups is 4. The Kier molecular flexibility index (Phi) is 30.4. The number of likely N-dealkylation sites (tertiary alicyclic amines) is 2. The monoisotopic (exact) mass is 1870 g/mol. The lowest BCUT2D eigenvalue weighted by molar-refractivity contribution is -0.138. The second kappa shape index (κ2) is 40.2. The van der Waals surface area contributed by atoms with E-state index in [0.717, 1.165) is 143 Å². The molecule has 7 aliphatic heterocycles. The Morgan fingerprint density at radius 1 is 0.394 bits per heavy atom. The van der Waals surface area contributed by atoms with E-state index in [9.17, 15) is 83.6 Å². The molecule has 0 atom stereocenters. The number of anilines is 6. The third kappa shape index (κ3) is 27.2. The SMILES string of the molecule is CS(=O)(=O)Nc1ccn(C(=O)N2CCN(Cc3cc(Cl)cc(C(F)(F)F)c3)CC2)n1.Cc1cc(CN2CCN(C(=O)n3ccc(NS(C)(=O)=O)n3)CC2)cc(C(F)(F)F)c1.Cc1ccc(CN2CCCC23CCN(C(=O)n2ccc(NS(C)(=O)=O)n2)CC3)c(N2CCC(F)CC2)c1.Cc1ccc(CN2CCN(C(=O)n3ccc(NS(C)(=O)=O)n3)CC2)c(N2CCC2)c1. The molecule has 0 unspecified atom stereocenters. The predicted molar refractivity (Wildman–Crippen MR) is 468 cm³/mol.